The van der Waals surface area contributed by atoms with Gasteiger partial charge in [-0.1, -0.05) is 15.9 Å². The highest BCUT2D eigenvalue weighted by atomic mass is 79.9. The molecule has 0 aromatic carbocycles. The number of aromatic nitrogens is 2. The molecule has 0 radical (unpaired) electrons. The van der Waals surface area contributed by atoms with E-state index in [1.54, 1.807) is 0 Å². The van der Waals surface area contributed by atoms with E-state index in [2.05, 4.69) is 64.4 Å². The maximum absolute atomic E-state index is 6.04. The molecule has 0 bridgehead atoms. The van der Waals surface area contributed by atoms with Crippen LogP contribution in [0.2, 0.25) is 0 Å². The van der Waals surface area contributed by atoms with E-state index in [1.807, 2.05) is 0 Å². The van der Waals surface area contributed by atoms with Crippen molar-refractivity contribution >= 4 is 15.9 Å². The minimum absolute atomic E-state index is 0.0806. The van der Waals surface area contributed by atoms with Crippen LogP contribution in [0.1, 0.15) is 32.2 Å². The van der Waals surface area contributed by atoms with Crippen LogP contribution in [0.25, 0.3) is 0 Å². The van der Waals surface area contributed by atoms with Gasteiger partial charge in [0.15, 0.2) is 0 Å². The van der Waals surface area contributed by atoms with Crippen molar-refractivity contribution in [1.29, 1.82) is 0 Å². The fourth-order valence-corrected chi connectivity index (χ4v) is 3.18. The van der Waals surface area contributed by atoms with Gasteiger partial charge in [0.2, 0.25) is 0 Å². The molecular weight excluding hydrogens is 306 g/mol. The highest BCUT2D eigenvalue weighted by molar-refractivity contribution is 9.09. The first kappa shape index (κ1) is 15.0. The van der Waals surface area contributed by atoms with Gasteiger partial charge in [-0.05, 0) is 33.8 Å². The van der Waals surface area contributed by atoms with Gasteiger partial charge in [0, 0.05) is 31.5 Å². The first-order valence-corrected chi connectivity index (χ1v) is 8.05. The van der Waals surface area contributed by atoms with E-state index in [0.29, 0.717) is 0 Å². The number of halogens is 1. The number of hydrogen-bond acceptors (Lipinski definition) is 3. The van der Waals surface area contributed by atoms with Gasteiger partial charge >= 0.3 is 0 Å². The lowest BCUT2D eigenvalue weighted by Gasteiger charge is -2.42. The van der Waals surface area contributed by atoms with Gasteiger partial charge < -0.3 is 4.74 Å². The monoisotopic (exact) mass is 329 g/mol. The Labute approximate surface area is 124 Å². The zero-order chi connectivity index (χ0) is 14.0. The predicted octanol–water partition coefficient (Wildman–Crippen LogP) is 2.59. The Balaban J connectivity index is 2.09. The minimum atomic E-state index is -0.0806. The van der Waals surface area contributed by atoms with Crippen molar-refractivity contribution in [3.63, 3.8) is 0 Å². The first-order chi connectivity index (χ1) is 8.93. The molecule has 108 valence electrons. The number of morpholine rings is 1. The molecule has 2 rings (SSSR count). The zero-order valence-electron chi connectivity index (χ0n) is 12.3. The largest absolute Gasteiger partial charge is 0.369 e. The molecule has 0 amide bonds. The Morgan fingerprint density at radius 1 is 1.53 bits per heavy atom. The van der Waals surface area contributed by atoms with Crippen LogP contribution in [-0.2, 0) is 17.8 Å². The average molecular weight is 330 g/mol. The second-order valence-corrected chi connectivity index (χ2v) is 6.56. The van der Waals surface area contributed by atoms with Crippen LogP contribution in [0.5, 0.6) is 0 Å². The summed E-state index contributed by atoms with van der Waals surface area (Å²) in [6, 6.07) is 2.19. The van der Waals surface area contributed by atoms with Gasteiger partial charge in [0.25, 0.3) is 0 Å². The standard InChI is InChI=1S/C14H24BrN3O/c1-5-18-12(6-11(2)16-18)8-17-9-13(7-15)19-14(3,4)10-17/h6,13H,5,7-10H2,1-4H3. The van der Waals surface area contributed by atoms with Crippen LogP contribution in [0.4, 0.5) is 0 Å². The summed E-state index contributed by atoms with van der Waals surface area (Å²) in [5.41, 5.74) is 2.32. The quantitative estimate of drug-likeness (QED) is 0.795. The Kier molecular flexibility index (Phi) is 4.69. The molecule has 0 saturated carbocycles. The molecule has 2 heterocycles. The van der Waals surface area contributed by atoms with Crippen molar-refractivity contribution in [2.75, 3.05) is 18.4 Å². The molecule has 4 nitrogen and oxygen atoms in total. The second-order valence-electron chi connectivity index (χ2n) is 5.92. The number of nitrogens with zero attached hydrogens (tertiary/aromatic N) is 3. The highest BCUT2D eigenvalue weighted by Crippen LogP contribution is 2.23. The molecule has 0 N–H and O–H groups in total. The fourth-order valence-electron chi connectivity index (χ4n) is 2.85. The fraction of sp³-hybridized carbons (Fsp3) is 0.786. The lowest BCUT2D eigenvalue weighted by Crippen LogP contribution is -2.52. The number of alkyl halides is 1. The van der Waals surface area contributed by atoms with Crippen molar-refractivity contribution < 1.29 is 4.74 Å². The summed E-state index contributed by atoms with van der Waals surface area (Å²) in [6.07, 6.45) is 0.267. The SMILES string of the molecule is CCn1nc(C)cc1CN1CC(CBr)OC(C)(C)C1. The second kappa shape index (κ2) is 5.94. The molecular formula is C14H24BrN3O. The van der Waals surface area contributed by atoms with Crippen LogP contribution >= 0.6 is 15.9 Å². The van der Waals surface area contributed by atoms with E-state index in [4.69, 9.17) is 4.74 Å². The summed E-state index contributed by atoms with van der Waals surface area (Å²) in [5.74, 6) is 0. The number of rotatable bonds is 4. The summed E-state index contributed by atoms with van der Waals surface area (Å²) in [5, 5.41) is 5.41. The topological polar surface area (TPSA) is 30.3 Å². The summed E-state index contributed by atoms with van der Waals surface area (Å²) in [7, 11) is 0. The van der Waals surface area contributed by atoms with Gasteiger partial charge in [0.1, 0.15) is 0 Å². The molecule has 19 heavy (non-hydrogen) atoms. The maximum atomic E-state index is 6.04. The summed E-state index contributed by atoms with van der Waals surface area (Å²) >= 11 is 3.54. The number of ether oxygens (including phenoxy) is 1. The van der Waals surface area contributed by atoms with Crippen LogP contribution in [0, 0.1) is 6.92 Å². The van der Waals surface area contributed by atoms with Gasteiger partial charge in [-0.15, -0.1) is 0 Å². The third kappa shape index (κ3) is 3.80. The normalized spacial score (nSPS) is 23.7. The van der Waals surface area contributed by atoms with Crippen LogP contribution in [0.3, 0.4) is 0 Å². The van der Waals surface area contributed by atoms with E-state index in [0.717, 1.165) is 37.2 Å². The van der Waals surface area contributed by atoms with Crippen molar-refractivity contribution in [3.05, 3.63) is 17.5 Å². The third-order valence-corrected chi connectivity index (χ3v) is 4.12. The van der Waals surface area contributed by atoms with Crippen molar-refractivity contribution in [3.8, 4) is 0 Å². The molecule has 1 unspecified atom stereocenters. The molecule has 1 saturated heterocycles. The summed E-state index contributed by atoms with van der Waals surface area (Å²) < 4.78 is 8.14. The Hall–Kier alpha value is -0.390. The highest BCUT2D eigenvalue weighted by Gasteiger charge is 2.33. The van der Waals surface area contributed by atoms with Gasteiger partial charge in [-0.2, -0.15) is 5.10 Å². The summed E-state index contributed by atoms with van der Waals surface area (Å²) in [4.78, 5) is 2.47. The van der Waals surface area contributed by atoms with E-state index < -0.39 is 0 Å². The molecule has 0 spiro atoms. The molecule has 1 aliphatic heterocycles. The first-order valence-electron chi connectivity index (χ1n) is 6.93. The lowest BCUT2D eigenvalue weighted by molar-refractivity contribution is -0.128. The van der Waals surface area contributed by atoms with Gasteiger partial charge in [0.05, 0.1) is 23.1 Å². The molecule has 0 aliphatic carbocycles. The number of aryl methyl sites for hydroxylation is 2. The maximum Gasteiger partial charge on any atom is 0.0806 e. The zero-order valence-corrected chi connectivity index (χ0v) is 13.9. The lowest BCUT2D eigenvalue weighted by atomic mass is 10.1. The van der Waals surface area contributed by atoms with E-state index in [9.17, 15) is 0 Å². The van der Waals surface area contributed by atoms with Crippen molar-refractivity contribution in [2.24, 2.45) is 0 Å². The molecule has 1 fully saturated rings. The third-order valence-electron chi connectivity index (χ3n) is 3.39. The van der Waals surface area contributed by atoms with E-state index in [1.165, 1.54) is 5.69 Å². The molecule has 5 heteroatoms. The Bertz CT molecular complexity index is 430. The van der Waals surface area contributed by atoms with E-state index >= 15 is 0 Å². The molecule has 1 aromatic rings. The Morgan fingerprint density at radius 3 is 2.89 bits per heavy atom. The average Bonchev–Trinajstić information content (AvgIpc) is 2.67. The van der Waals surface area contributed by atoms with Crippen molar-refractivity contribution in [2.45, 2.75) is 52.5 Å². The molecule has 1 atom stereocenters. The molecule has 1 aromatic heterocycles. The Morgan fingerprint density at radius 2 is 2.26 bits per heavy atom. The molecule has 1 aliphatic rings. The van der Waals surface area contributed by atoms with Gasteiger partial charge in [-0.25, -0.2) is 0 Å². The van der Waals surface area contributed by atoms with Crippen LogP contribution < -0.4 is 0 Å². The predicted molar refractivity (Wildman–Crippen MR) is 80.7 cm³/mol. The van der Waals surface area contributed by atoms with E-state index in [-0.39, 0.29) is 11.7 Å². The number of hydrogen-bond donors (Lipinski definition) is 0. The van der Waals surface area contributed by atoms with Crippen LogP contribution in [0.15, 0.2) is 6.07 Å². The smallest absolute Gasteiger partial charge is 0.0806 e. The van der Waals surface area contributed by atoms with Crippen molar-refractivity contribution in [1.82, 2.24) is 14.7 Å². The summed E-state index contributed by atoms with van der Waals surface area (Å²) in [6.45, 7) is 12.3. The van der Waals surface area contributed by atoms with Gasteiger partial charge in [-0.3, -0.25) is 9.58 Å². The minimum Gasteiger partial charge on any atom is -0.369 e. The van der Waals surface area contributed by atoms with Crippen LogP contribution in [-0.4, -0.2) is 44.8 Å².